The lowest BCUT2D eigenvalue weighted by atomic mass is 10.0. The van der Waals surface area contributed by atoms with E-state index in [2.05, 4.69) is 5.32 Å². The maximum absolute atomic E-state index is 12.7. The Hall–Kier alpha value is -2.94. The zero-order valence-electron chi connectivity index (χ0n) is 18.1. The van der Waals surface area contributed by atoms with Crippen LogP contribution in [0, 0.1) is 5.92 Å². The van der Waals surface area contributed by atoms with Crippen LogP contribution in [0.5, 0.6) is 5.75 Å². The van der Waals surface area contributed by atoms with Gasteiger partial charge in [-0.05, 0) is 48.7 Å². The number of ether oxygens (including phenoxy) is 3. The van der Waals surface area contributed by atoms with Crippen molar-refractivity contribution >= 4 is 11.8 Å². The molecular formula is C23H30N2O6. The molecule has 0 heterocycles. The molecule has 31 heavy (non-hydrogen) atoms. The molecule has 0 bridgehead atoms. The van der Waals surface area contributed by atoms with Crippen molar-refractivity contribution in [3.05, 3.63) is 54.1 Å². The van der Waals surface area contributed by atoms with Crippen LogP contribution in [0.25, 0.3) is 11.1 Å². The molecule has 0 radical (unpaired) electrons. The topological polar surface area (TPSA) is 106 Å². The minimum absolute atomic E-state index is 0.0719. The summed E-state index contributed by atoms with van der Waals surface area (Å²) in [4.78, 5) is 24.3. The second-order valence-corrected chi connectivity index (χ2v) is 7.10. The van der Waals surface area contributed by atoms with Crippen molar-refractivity contribution in [2.45, 2.75) is 26.3 Å². The minimum Gasteiger partial charge on any atom is -0.494 e. The molecule has 2 aromatic carbocycles. The summed E-state index contributed by atoms with van der Waals surface area (Å²) < 4.78 is 15.8. The van der Waals surface area contributed by atoms with Crippen LogP contribution in [0.3, 0.4) is 0 Å². The van der Waals surface area contributed by atoms with Crippen LogP contribution in [-0.2, 0) is 14.3 Å². The second kappa shape index (κ2) is 12.7. The zero-order valence-corrected chi connectivity index (χ0v) is 18.1. The lowest BCUT2D eigenvalue weighted by molar-refractivity contribution is -0.133. The Balaban J connectivity index is 2.07. The van der Waals surface area contributed by atoms with Crippen molar-refractivity contribution in [2.24, 2.45) is 5.92 Å². The molecule has 2 aromatic rings. The summed E-state index contributed by atoms with van der Waals surface area (Å²) in [6.45, 7) is 4.43. The number of carbonyl (C=O) groups excluding carboxylic acids is 2. The molecule has 0 aliphatic heterocycles. The molecule has 0 aromatic heterocycles. The fourth-order valence-corrected chi connectivity index (χ4v) is 3.10. The Morgan fingerprint density at radius 3 is 2.48 bits per heavy atom. The van der Waals surface area contributed by atoms with Crippen LogP contribution in [0.1, 0.15) is 30.6 Å². The first-order valence-corrected chi connectivity index (χ1v) is 10.1. The van der Waals surface area contributed by atoms with Gasteiger partial charge in [-0.15, -0.1) is 0 Å². The average Bonchev–Trinajstić information content (AvgIpc) is 2.79. The molecule has 2 atom stereocenters. The van der Waals surface area contributed by atoms with Gasteiger partial charge in [-0.3, -0.25) is 14.8 Å². The van der Waals surface area contributed by atoms with Gasteiger partial charge in [-0.25, -0.2) is 5.48 Å². The lowest BCUT2D eigenvalue weighted by Gasteiger charge is -2.21. The molecule has 0 aliphatic carbocycles. The third kappa shape index (κ3) is 7.67. The summed E-state index contributed by atoms with van der Waals surface area (Å²) in [6, 6.07) is 14.6. The fourth-order valence-electron chi connectivity index (χ4n) is 3.10. The van der Waals surface area contributed by atoms with Gasteiger partial charge in [-0.1, -0.05) is 31.2 Å². The number of methoxy groups -OCH3 is 1. The predicted molar refractivity (Wildman–Crippen MR) is 116 cm³/mol. The van der Waals surface area contributed by atoms with Crippen molar-refractivity contribution in [1.82, 2.24) is 10.8 Å². The van der Waals surface area contributed by atoms with Crippen LogP contribution in [0.4, 0.5) is 0 Å². The SMILES string of the molecule is CCOc1cccc(-c2ccc(C(=O)N[C@H](COCOC)C[C@H](C)C(=O)NO)cc2)c1. The number of nitrogens with one attached hydrogen (secondary N) is 2. The van der Waals surface area contributed by atoms with Gasteiger partial charge in [0, 0.05) is 18.6 Å². The maximum atomic E-state index is 12.7. The number of hydrogen-bond donors (Lipinski definition) is 3. The average molecular weight is 431 g/mol. The molecule has 2 amide bonds. The highest BCUT2D eigenvalue weighted by molar-refractivity contribution is 5.95. The highest BCUT2D eigenvalue weighted by Gasteiger charge is 2.21. The molecule has 2 rings (SSSR count). The van der Waals surface area contributed by atoms with E-state index in [1.807, 2.05) is 43.3 Å². The monoisotopic (exact) mass is 430 g/mol. The van der Waals surface area contributed by atoms with Crippen LogP contribution < -0.4 is 15.5 Å². The van der Waals surface area contributed by atoms with Gasteiger partial charge in [0.1, 0.15) is 12.5 Å². The molecule has 8 nitrogen and oxygen atoms in total. The molecule has 0 fully saturated rings. The number of hydroxylamine groups is 1. The van der Waals surface area contributed by atoms with E-state index in [1.54, 1.807) is 24.5 Å². The van der Waals surface area contributed by atoms with Crippen LogP contribution in [0.15, 0.2) is 48.5 Å². The molecule has 0 saturated carbocycles. The number of amides is 2. The quantitative estimate of drug-likeness (QED) is 0.207. The van der Waals surface area contributed by atoms with Gasteiger partial charge in [0.25, 0.3) is 5.91 Å². The molecule has 8 heteroatoms. The molecule has 168 valence electrons. The molecule has 0 aliphatic rings. The van der Waals surface area contributed by atoms with E-state index >= 15 is 0 Å². The van der Waals surface area contributed by atoms with Gasteiger partial charge in [-0.2, -0.15) is 0 Å². The smallest absolute Gasteiger partial charge is 0.251 e. The first-order chi connectivity index (χ1) is 15.0. The number of hydrogen-bond acceptors (Lipinski definition) is 6. The number of carbonyl (C=O) groups is 2. The molecule has 3 N–H and O–H groups in total. The Morgan fingerprint density at radius 2 is 1.84 bits per heavy atom. The summed E-state index contributed by atoms with van der Waals surface area (Å²) >= 11 is 0. The van der Waals surface area contributed by atoms with E-state index in [9.17, 15) is 9.59 Å². The summed E-state index contributed by atoms with van der Waals surface area (Å²) in [7, 11) is 1.50. The Bertz CT molecular complexity index is 840. The largest absolute Gasteiger partial charge is 0.494 e. The Kier molecular flexibility index (Phi) is 9.96. The highest BCUT2D eigenvalue weighted by Crippen LogP contribution is 2.24. The first-order valence-electron chi connectivity index (χ1n) is 10.1. The third-order valence-corrected chi connectivity index (χ3v) is 4.68. The van der Waals surface area contributed by atoms with E-state index in [4.69, 9.17) is 19.4 Å². The van der Waals surface area contributed by atoms with E-state index in [0.29, 0.717) is 18.6 Å². The van der Waals surface area contributed by atoms with Crippen molar-refractivity contribution in [3.8, 4) is 16.9 Å². The van der Waals surface area contributed by atoms with E-state index in [1.165, 1.54) is 7.11 Å². The van der Waals surface area contributed by atoms with Gasteiger partial charge >= 0.3 is 0 Å². The predicted octanol–water partition coefficient (Wildman–Crippen LogP) is 3.00. The third-order valence-electron chi connectivity index (χ3n) is 4.68. The first kappa shape index (κ1) is 24.3. The van der Waals surface area contributed by atoms with Crippen LogP contribution in [-0.4, -0.2) is 50.2 Å². The van der Waals surface area contributed by atoms with Crippen LogP contribution >= 0.6 is 0 Å². The Labute approximate surface area is 182 Å². The van der Waals surface area contributed by atoms with Crippen LogP contribution in [0.2, 0.25) is 0 Å². The molecule has 0 unspecified atom stereocenters. The summed E-state index contributed by atoms with van der Waals surface area (Å²) in [5, 5.41) is 11.7. The standard InChI is InChI=1S/C23H30N2O6/c1-4-31-21-7-5-6-19(13-21)17-8-10-18(11-9-17)23(27)24-20(14-30-15-29-3)12-16(2)22(26)25-28/h5-11,13,16,20,28H,4,12,14-15H2,1-3H3,(H,24,27)(H,25,26)/t16-,20-/m0/s1. The number of rotatable bonds is 12. The summed E-state index contributed by atoms with van der Waals surface area (Å²) in [5.74, 6) is -0.523. The second-order valence-electron chi connectivity index (χ2n) is 7.10. The normalized spacial score (nSPS) is 12.6. The van der Waals surface area contributed by atoms with Gasteiger partial charge in [0.15, 0.2) is 0 Å². The highest BCUT2D eigenvalue weighted by atomic mass is 16.7. The summed E-state index contributed by atoms with van der Waals surface area (Å²) in [5.41, 5.74) is 4.07. The van der Waals surface area contributed by atoms with E-state index in [0.717, 1.165) is 16.9 Å². The minimum atomic E-state index is -0.523. The van der Waals surface area contributed by atoms with Crippen molar-refractivity contribution < 1.29 is 29.0 Å². The van der Waals surface area contributed by atoms with E-state index in [-0.39, 0.29) is 19.3 Å². The number of benzene rings is 2. The van der Waals surface area contributed by atoms with Gasteiger partial charge < -0.3 is 19.5 Å². The van der Waals surface area contributed by atoms with Gasteiger partial charge in [0.2, 0.25) is 5.91 Å². The van der Waals surface area contributed by atoms with Crippen molar-refractivity contribution in [1.29, 1.82) is 0 Å². The van der Waals surface area contributed by atoms with Crippen molar-refractivity contribution in [2.75, 3.05) is 27.1 Å². The fraction of sp³-hybridized carbons (Fsp3) is 0.391. The Morgan fingerprint density at radius 1 is 1.10 bits per heavy atom. The van der Waals surface area contributed by atoms with Gasteiger partial charge in [0.05, 0.1) is 19.3 Å². The molecular weight excluding hydrogens is 400 g/mol. The lowest BCUT2D eigenvalue weighted by Crippen LogP contribution is -2.41. The molecule has 0 saturated heterocycles. The zero-order chi connectivity index (χ0) is 22.6. The van der Waals surface area contributed by atoms with E-state index < -0.39 is 17.9 Å². The molecule has 0 spiro atoms. The maximum Gasteiger partial charge on any atom is 0.251 e. The summed E-state index contributed by atoms with van der Waals surface area (Å²) in [6.07, 6.45) is 0.296. The van der Waals surface area contributed by atoms with Crippen molar-refractivity contribution in [3.63, 3.8) is 0 Å².